The summed E-state index contributed by atoms with van der Waals surface area (Å²) in [5, 5.41) is 13.7. The second kappa shape index (κ2) is 10.9. The summed E-state index contributed by atoms with van der Waals surface area (Å²) in [5.41, 5.74) is 3.73. The summed E-state index contributed by atoms with van der Waals surface area (Å²) in [6.45, 7) is 3.77. The molecule has 1 N–H and O–H groups in total. The Labute approximate surface area is 231 Å². The summed E-state index contributed by atoms with van der Waals surface area (Å²) in [4.78, 5) is 16.3. The van der Waals surface area contributed by atoms with E-state index in [4.69, 9.17) is 9.26 Å². The molecule has 40 heavy (non-hydrogen) atoms. The number of sulfonamides is 1. The van der Waals surface area contributed by atoms with E-state index in [1.807, 2.05) is 32.0 Å². The Morgan fingerprint density at radius 1 is 1.15 bits per heavy atom. The molecule has 5 rings (SSSR count). The maximum absolute atomic E-state index is 13.1. The van der Waals surface area contributed by atoms with Crippen LogP contribution in [0.3, 0.4) is 0 Å². The van der Waals surface area contributed by atoms with Gasteiger partial charge in [0.15, 0.2) is 0 Å². The van der Waals surface area contributed by atoms with Crippen molar-refractivity contribution in [1.29, 1.82) is 5.26 Å². The van der Waals surface area contributed by atoms with Crippen LogP contribution in [-0.4, -0.2) is 37.7 Å². The second-order valence-corrected chi connectivity index (χ2v) is 11.2. The van der Waals surface area contributed by atoms with Crippen LogP contribution in [0.1, 0.15) is 53.4 Å². The lowest BCUT2D eigenvalue weighted by Gasteiger charge is -2.15. The fourth-order valence-electron chi connectivity index (χ4n) is 4.69. The van der Waals surface area contributed by atoms with Crippen molar-refractivity contribution in [2.75, 3.05) is 7.11 Å². The maximum atomic E-state index is 13.1. The highest BCUT2D eigenvalue weighted by molar-refractivity contribution is 7.89. The first-order valence-corrected chi connectivity index (χ1v) is 14.1. The molecule has 0 fully saturated rings. The average Bonchev–Trinajstić information content (AvgIpc) is 3.60. The van der Waals surface area contributed by atoms with Gasteiger partial charge in [0.1, 0.15) is 11.8 Å². The number of carbonyl (C=O) groups excluding carboxylic acids is 1. The molecule has 204 valence electrons. The van der Waals surface area contributed by atoms with Gasteiger partial charge in [0.25, 0.3) is 5.89 Å². The van der Waals surface area contributed by atoms with E-state index in [0.717, 1.165) is 16.7 Å². The van der Waals surface area contributed by atoms with Gasteiger partial charge in [-0.3, -0.25) is 0 Å². The number of methoxy groups -OCH3 is 1. The summed E-state index contributed by atoms with van der Waals surface area (Å²) < 4.78 is 44.9. The molecule has 10 nitrogen and oxygen atoms in total. The molecule has 0 saturated carbocycles. The number of rotatable bonds is 8. The van der Waals surface area contributed by atoms with Crippen LogP contribution in [0.15, 0.2) is 70.1 Å². The summed E-state index contributed by atoms with van der Waals surface area (Å²) >= 11 is 0. The first-order valence-electron chi connectivity index (χ1n) is 12.6. The van der Waals surface area contributed by atoms with Crippen LogP contribution < -0.4 is 9.46 Å². The molecule has 0 aliphatic heterocycles. The Morgan fingerprint density at radius 3 is 2.62 bits per heavy atom. The Balaban J connectivity index is 1.38. The third kappa shape index (κ3) is 5.32. The zero-order valence-corrected chi connectivity index (χ0v) is 22.9. The highest BCUT2D eigenvalue weighted by atomic mass is 32.2. The predicted octanol–water partition coefficient (Wildman–Crippen LogP) is 4.81. The smallest absolute Gasteiger partial charge is 0.337 e. The molecule has 3 aromatic carbocycles. The lowest BCUT2D eigenvalue weighted by Crippen LogP contribution is -2.27. The molecule has 0 amide bonds. The third-order valence-electron chi connectivity index (χ3n) is 6.53. The number of fused-ring (bicyclic) bond motifs is 1. The number of benzene rings is 3. The fourth-order valence-corrected chi connectivity index (χ4v) is 5.94. The van der Waals surface area contributed by atoms with Crippen LogP contribution in [0.4, 0.5) is 0 Å². The Morgan fingerprint density at radius 2 is 1.93 bits per heavy atom. The minimum atomic E-state index is -3.85. The molecule has 1 heterocycles. The molecule has 1 unspecified atom stereocenters. The fraction of sp³-hybridized carbons (Fsp3) is 0.241. The van der Waals surface area contributed by atoms with Crippen molar-refractivity contribution >= 4 is 16.0 Å². The highest BCUT2D eigenvalue weighted by Crippen LogP contribution is 2.38. The van der Waals surface area contributed by atoms with Gasteiger partial charge >= 0.3 is 5.97 Å². The number of aromatic nitrogens is 2. The maximum Gasteiger partial charge on any atom is 0.337 e. The van der Waals surface area contributed by atoms with E-state index < -0.39 is 22.0 Å². The van der Waals surface area contributed by atoms with Gasteiger partial charge in [0.05, 0.1) is 29.2 Å². The van der Waals surface area contributed by atoms with Crippen LogP contribution in [0.2, 0.25) is 0 Å². The average molecular weight is 559 g/mol. The number of esters is 1. The van der Waals surface area contributed by atoms with E-state index in [2.05, 4.69) is 25.7 Å². The van der Waals surface area contributed by atoms with Gasteiger partial charge in [-0.05, 0) is 80.3 Å². The zero-order chi connectivity index (χ0) is 28.4. The summed E-state index contributed by atoms with van der Waals surface area (Å²) in [7, 11) is -2.59. The summed E-state index contributed by atoms with van der Waals surface area (Å²) in [5.74, 6) is 0.567. The molecule has 0 radical (unpaired) electrons. The zero-order valence-electron chi connectivity index (χ0n) is 22.0. The molecule has 1 atom stereocenters. The number of nitriles is 1. The van der Waals surface area contributed by atoms with Gasteiger partial charge in [-0.25, -0.2) is 17.9 Å². The van der Waals surface area contributed by atoms with E-state index in [1.165, 1.54) is 31.4 Å². The normalized spacial score (nSPS) is 14.5. The Hall–Kier alpha value is -4.53. The molecule has 1 aromatic heterocycles. The number of hydrogen-bond donors (Lipinski definition) is 1. The van der Waals surface area contributed by atoms with Crippen molar-refractivity contribution in [3.8, 4) is 34.7 Å². The van der Waals surface area contributed by atoms with E-state index in [0.29, 0.717) is 35.5 Å². The van der Waals surface area contributed by atoms with Crippen molar-refractivity contribution in [3.63, 3.8) is 0 Å². The molecule has 11 heteroatoms. The van der Waals surface area contributed by atoms with Gasteiger partial charge in [-0.15, -0.1) is 0 Å². The number of ether oxygens (including phenoxy) is 2. The van der Waals surface area contributed by atoms with Gasteiger partial charge < -0.3 is 14.0 Å². The summed E-state index contributed by atoms with van der Waals surface area (Å²) in [6, 6.07) is 18.0. The van der Waals surface area contributed by atoms with Crippen LogP contribution >= 0.6 is 0 Å². The molecule has 1 aliphatic carbocycles. The SMILES string of the molecule is COC(=O)c1ccc(S(=O)(=O)NC2CCc3c(-c4noc(-c5ccc(OC(C)C)c(C#N)c5)n4)cccc32)cc1. The van der Waals surface area contributed by atoms with E-state index in [1.54, 1.807) is 18.2 Å². The molecule has 1 aliphatic rings. The van der Waals surface area contributed by atoms with Crippen molar-refractivity contribution in [2.45, 2.75) is 43.7 Å². The Bertz CT molecular complexity index is 1720. The standard InChI is InChI=1S/C29H26N4O6S/c1-17(2)38-26-14-9-19(15-20(26)16-30)28-31-27(32-39-28)24-6-4-5-23-22(24)12-13-25(23)33-40(35,36)21-10-7-18(8-11-21)29(34)37-3/h4-11,14-15,17,25,33H,12-13H2,1-3H3. The van der Waals surface area contributed by atoms with Crippen molar-refractivity contribution in [2.24, 2.45) is 0 Å². The minimum Gasteiger partial charge on any atom is -0.490 e. The lowest BCUT2D eigenvalue weighted by atomic mass is 10.0. The molecule has 0 bridgehead atoms. The number of nitrogens with zero attached hydrogens (tertiary/aromatic N) is 3. The van der Waals surface area contributed by atoms with E-state index in [-0.39, 0.29) is 22.5 Å². The number of nitrogens with one attached hydrogen (secondary N) is 1. The van der Waals surface area contributed by atoms with Crippen molar-refractivity contribution < 1.29 is 27.2 Å². The third-order valence-corrected chi connectivity index (χ3v) is 8.02. The summed E-state index contributed by atoms with van der Waals surface area (Å²) in [6.07, 6.45) is 1.09. The largest absolute Gasteiger partial charge is 0.490 e. The van der Waals surface area contributed by atoms with Crippen LogP contribution in [-0.2, 0) is 21.2 Å². The van der Waals surface area contributed by atoms with E-state index >= 15 is 0 Å². The van der Waals surface area contributed by atoms with Crippen LogP contribution in [0, 0.1) is 11.3 Å². The number of carbonyl (C=O) groups is 1. The molecular formula is C29H26N4O6S. The van der Waals surface area contributed by atoms with E-state index in [9.17, 15) is 18.5 Å². The van der Waals surface area contributed by atoms with Crippen LogP contribution in [0.25, 0.3) is 22.8 Å². The predicted molar refractivity (Wildman–Crippen MR) is 145 cm³/mol. The molecule has 4 aromatic rings. The van der Waals surface area contributed by atoms with Crippen LogP contribution in [0.5, 0.6) is 5.75 Å². The van der Waals surface area contributed by atoms with Gasteiger partial charge in [0, 0.05) is 17.2 Å². The molecule has 0 saturated heterocycles. The first-order chi connectivity index (χ1) is 19.2. The van der Waals surface area contributed by atoms with Gasteiger partial charge in [0.2, 0.25) is 15.8 Å². The number of hydrogen-bond acceptors (Lipinski definition) is 9. The highest BCUT2D eigenvalue weighted by Gasteiger charge is 2.30. The molecular weight excluding hydrogens is 532 g/mol. The van der Waals surface area contributed by atoms with Gasteiger partial charge in [-0.1, -0.05) is 23.4 Å². The quantitative estimate of drug-likeness (QED) is 0.301. The Kier molecular flexibility index (Phi) is 7.38. The lowest BCUT2D eigenvalue weighted by molar-refractivity contribution is 0.0600. The van der Waals surface area contributed by atoms with Gasteiger partial charge in [-0.2, -0.15) is 10.2 Å². The first kappa shape index (κ1) is 27.1. The topological polar surface area (TPSA) is 144 Å². The van der Waals surface area contributed by atoms with Crippen molar-refractivity contribution in [1.82, 2.24) is 14.9 Å². The minimum absolute atomic E-state index is 0.0501. The van der Waals surface area contributed by atoms with Crippen molar-refractivity contribution in [3.05, 3.63) is 82.9 Å². The second-order valence-electron chi connectivity index (χ2n) is 9.51. The molecule has 0 spiro atoms. The monoisotopic (exact) mass is 558 g/mol.